The number of hydroxylamine groups is 2. The molecule has 0 radical (unpaired) electrons. The van der Waals surface area contributed by atoms with Gasteiger partial charge in [-0.05, 0) is 69.1 Å². The van der Waals surface area contributed by atoms with Crippen LogP contribution in [0.3, 0.4) is 0 Å². The Kier molecular flexibility index (Phi) is 6.88. The zero-order valence-electron chi connectivity index (χ0n) is 18.9. The van der Waals surface area contributed by atoms with E-state index in [9.17, 15) is 4.79 Å². The van der Waals surface area contributed by atoms with Gasteiger partial charge in [0.2, 0.25) is 5.91 Å². The summed E-state index contributed by atoms with van der Waals surface area (Å²) in [5.41, 5.74) is 9.41. The molecule has 3 aromatic rings. The van der Waals surface area contributed by atoms with Crippen molar-refractivity contribution in [3.05, 3.63) is 77.5 Å². The van der Waals surface area contributed by atoms with Crippen molar-refractivity contribution < 1.29 is 19.6 Å². The van der Waals surface area contributed by atoms with Crippen molar-refractivity contribution >= 4 is 22.5 Å². The molecule has 0 bridgehead atoms. The molecule has 0 fully saturated rings. The first kappa shape index (κ1) is 22.7. The third kappa shape index (κ3) is 5.31. The molecule has 1 amide bonds. The highest BCUT2D eigenvalue weighted by Crippen LogP contribution is 2.25. The Balaban J connectivity index is 1.44. The minimum atomic E-state index is -0.460. The Morgan fingerprint density at radius 1 is 1.24 bits per heavy atom. The number of rotatable bonds is 8. The van der Waals surface area contributed by atoms with E-state index < -0.39 is 5.91 Å². The number of ether oxygens (including phenoxy) is 1. The molecule has 33 heavy (non-hydrogen) atoms. The summed E-state index contributed by atoms with van der Waals surface area (Å²) in [6.07, 6.45) is 1.71. The third-order valence-electron chi connectivity index (χ3n) is 5.69. The van der Waals surface area contributed by atoms with E-state index in [1.165, 1.54) is 0 Å². The summed E-state index contributed by atoms with van der Waals surface area (Å²) >= 11 is 0. The first-order chi connectivity index (χ1) is 15.9. The number of nitrogens with zero attached hydrogens (tertiary/aromatic N) is 2. The predicted octanol–water partition coefficient (Wildman–Crippen LogP) is 3.19. The molecule has 172 valence electrons. The lowest BCUT2D eigenvalue weighted by molar-refractivity contribution is -0.131. The number of amides is 1. The van der Waals surface area contributed by atoms with E-state index in [-0.39, 0.29) is 18.6 Å². The van der Waals surface area contributed by atoms with Crippen LogP contribution >= 0.6 is 0 Å². The number of benzene rings is 2. The number of aromatic nitrogens is 1. The molecular formula is C25H28N4O4. The normalized spacial score (nSPS) is 16.4. The molecule has 1 aliphatic rings. The summed E-state index contributed by atoms with van der Waals surface area (Å²) in [7, 11) is 3.73. The van der Waals surface area contributed by atoms with Gasteiger partial charge < -0.3 is 9.64 Å². The van der Waals surface area contributed by atoms with Gasteiger partial charge in [0.25, 0.3) is 0 Å². The molecule has 4 rings (SSSR count). The van der Waals surface area contributed by atoms with Crippen LogP contribution in [0.1, 0.15) is 23.2 Å². The highest BCUT2D eigenvalue weighted by atomic mass is 16.7. The molecule has 0 saturated carbocycles. The van der Waals surface area contributed by atoms with Crippen LogP contribution < -0.4 is 15.7 Å². The number of carbonyl (C=O) groups is 1. The molecule has 8 heteroatoms. The van der Waals surface area contributed by atoms with Gasteiger partial charge in [0.15, 0.2) is 0 Å². The molecule has 2 aromatic carbocycles. The van der Waals surface area contributed by atoms with E-state index in [2.05, 4.69) is 22.6 Å². The molecule has 2 heterocycles. The molecule has 1 aliphatic heterocycles. The number of nitrogens with one attached hydrogen (secondary N) is 2. The van der Waals surface area contributed by atoms with Crippen LogP contribution in [0, 0.1) is 6.92 Å². The van der Waals surface area contributed by atoms with Crippen LogP contribution in [0.15, 0.2) is 60.7 Å². The standard InChI is InChI=1S/C25H28N4O4/c1-16-12-18(20-6-4-5-7-21(20)26-16)15-32-19-10-8-17(9-11-19)22-13-24(33-28-22)23(29(2)3)14-25(30)27-31/h4-13,23-24,28,31H,14-15H2,1-3H3,(H,27,30). The quantitative estimate of drug-likeness (QED) is 0.360. The molecule has 2 unspecified atom stereocenters. The summed E-state index contributed by atoms with van der Waals surface area (Å²) in [6, 6.07) is 17.6. The van der Waals surface area contributed by atoms with Crippen LogP contribution in [-0.2, 0) is 16.2 Å². The van der Waals surface area contributed by atoms with Gasteiger partial charge in [0, 0.05) is 23.1 Å². The van der Waals surface area contributed by atoms with E-state index >= 15 is 0 Å². The van der Waals surface area contributed by atoms with Crippen LogP contribution in [0.25, 0.3) is 16.6 Å². The number of pyridine rings is 1. The van der Waals surface area contributed by atoms with Crippen molar-refractivity contribution in [1.82, 2.24) is 20.8 Å². The molecule has 8 nitrogen and oxygen atoms in total. The van der Waals surface area contributed by atoms with E-state index in [1.807, 2.05) is 74.5 Å². The van der Waals surface area contributed by atoms with Crippen molar-refractivity contribution in [1.29, 1.82) is 0 Å². The first-order valence-electron chi connectivity index (χ1n) is 10.8. The van der Waals surface area contributed by atoms with E-state index in [0.29, 0.717) is 6.61 Å². The fourth-order valence-electron chi connectivity index (χ4n) is 3.94. The lowest BCUT2D eigenvalue weighted by Gasteiger charge is -2.26. The fraction of sp³-hybridized carbons (Fsp3) is 0.280. The topological polar surface area (TPSA) is 96.0 Å². The monoisotopic (exact) mass is 448 g/mol. The highest BCUT2D eigenvalue weighted by Gasteiger charge is 2.30. The van der Waals surface area contributed by atoms with Crippen molar-refractivity contribution in [3.8, 4) is 5.75 Å². The summed E-state index contributed by atoms with van der Waals surface area (Å²) < 4.78 is 6.05. The first-order valence-corrected chi connectivity index (χ1v) is 10.8. The maximum Gasteiger partial charge on any atom is 0.245 e. The number of aryl methyl sites for hydroxylation is 1. The van der Waals surface area contributed by atoms with Crippen LogP contribution in [0.4, 0.5) is 0 Å². The predicted molar refractivity (Wildman–Crippen MR) is 125 cm³/mol. The number of para-hydroxylation sites is 1. The van der Waals surface area contributed by atoms with Crippen molar-refractivity contribution in [2.75, 3.05) is 14.1 Å². The van der Waals surface area contributed by atoms with Gasteiger partial charge >= 0.3 is 0 Å². The lowest BCUT2D eigenvalue weighted by Crippen LogP contribution is -2.42. The summed E-state index contributed by atoms with van der Waals surface area (Å²) in [6.45, 7) is 2.44. The Morgan fingerprint density at radius 3 is 2.73 bits per heavy atom. The lowest BCUT2D eigenvalue weighted by atomic mass is 10.0. The largest absolute Gasteiger partial charge is 0.489 e. The van der Waals surface area contributed by atoms with E-state index in [1.54, 1.807) is 5.48 Å². The maximum absolute atomic E-state index is 11.6. The maximum atomic E-state index is 11.6. The molecule has 0 spiro atoms. The number of fused-ring (bicyclic) bond motifs is 1. The SMILES string of the molecule is Cc1cc(COc2ccc(C3=CC(C(CC(=O)NO)N(C)C)ON3)cc2)c2ccccc2n1. The highest BCUT2D eigenvalue weighted by molar-refractivity contribution is 5.82. The second kappa shape index (κ2) is 9.99. The summed E-state index contributed by atoms with van der Waals surface area (Å²) in [5.74, 6) is 0.303. The third-order valence-corrected chi connectivity index (χ3v) is 5.69. The number of hydrogen-bond donors (Lipinski definition) is 3. The minimum absolute atomic E-state index is 0.107. The van der Waals surface area contributed by atoms with Crippen molar-refractivity contribution in [3.63, 3.8) is 0 Å². The molecular weight excluding hydrogens is 420 g/mol. The molecule has 0 saturated heterocycles. The molecule has 0 aliphatic carbocycles. The van der Waals surface area contributed by atoms with E-state index in [4.69, 9.17) is 14.8 Å². The number of hydrogen-bond acceptors (Lipinski definition) is 7. The Morgan fingerprint density at radius 2 is 2.00 bits per heavy atom. The van der Waals surface area contributed by atoms with Gasteiger partial charge in [-0.2, -0.15) is 0 Å². The van der Waals surface area contributed by atoms with Gasteiger partial charge in [-0.25, -0.2) is 5.48 Å². The second-order valence-electron chi connectivity index (χ2n) is 8.29. The average Bonchev–Trinajstić information content (AvgIpc) is 3.30. The van der Waals surface area contributed by atoms with Gasteiger partial charge in [-0.3, -0.25) is 25.3 Å². The summed E-state index contributed by atoms with van der Waals surface area (Å²) in [5, 5.41) is 9.93. The van der Waals surface area contributed by atoms with Crippen LogP contribution in [-0.4, -0.2) is 47.2 Å². The molecule has 2 atom stereocenters. The van der Waals surface area contributed by atoms with Crippen molar-refractivity contribution in [2.24, 2.45) is 0 Å². The zero-order chi connectivity index (χ0) is 23.4. The second-order valence-corrected chi connectivity index (χ2v) is 8.29. The van der Waals surface area contributed by atoms with Gasteiger partial charge in [0.1, 0.15) is 18.5 Å². The van der Waals surface area contributed by atoms with Crippen LogP contribution in [0.2, 0.25) is 0 Å². The molecule has 3 N–H and O–H groups in total. The van der Waals surface area contributed by atoms with Crippen molar-refractivity contribution in [2.45, 2.75) is 32.1 Å². The Hall–Kier alpha value is -3.46. The Bertz CT molecular complexity index is 1160. The Labute approximate surface area is 192 Å². The number of likely N-dealkylation sites (N-methyl/N-ethyl adjacent to an activating group) is 1. The minimum Gasteiger partial charge on any atom is -0.489 e. The van der Waals surface area contributed by atoms with E-state index in [0.717, 1.165) is 39.2 Å². The summed E-state index contributed by atoms with van der Waals surface area (Å²) in [4.78, 5) is 23.8. The zero-order valence-corrected chi connectivity index (χ0v) is 18.9. The smallest absolute Gasteiger partial charge is 0.245 e. The van der Waals surface area contributed by atoms with Gasteiger partial charge in [-0.15, -0.1) is 0 Å². The van der Waals surface area contributed by atoms with Gasteiger partial charge in [0.05, 0.1) is 17.3 Å². The van der Waals surface area contributed by atoms with Crippen LogP contribution in [0.5, 0.6) is 5.75 Å². The van der Waals surface area contributed by atoms with Gasteiger partial charge in [-0.1, -0.05) is 18.2 Å². The number of carbonyl (C=O) groups excluding carboxylic acids is 1. The molecule has 1 aromatic heterocycles. The average molecular weight is 449 g/mol. The fourth-order valence-corrected chi connectivity index (χ4v) is 3.94.